The molecule has 3 rings (SSSR count). The van der Waals surface area contributed by atoms with Gasteiger partial charge in [-0.15, -0.1) is 12.4 Å². The maximum atomic E-state index is 13.1. The van der Waals surface area contributed by atoms with Crippen molar-refractivity contribution in [1.29, 1.82) is 0 Å². The summed E-state index contributed by atoms with van der Waals surface area (Å²) in [5, 5.41) is 4.95. The zero-order valence-electron chi connectivity index (χ0n) is 16.6. The molecule has 0 atom stereocenters. The molecule has 2 heterocycles. The Morgan fingerprint density at radius 2 is 2.04 bits per heavy atom. The minimum Gasteiger partial charge on any atom is -0.494 e. The molecule has 0 fully saturated rings. The molecule has 0 aliphatic carbocycles. The Bertz CT molecular complexity index is 924. The molecule has 0 spiro atoms. The van der Waals surface area contributed by atoms with Gasteiger partial charge in [-0.05, 0) is 58.3 Å². The van der Waals surface area contributed by atoms with Crippen molar-refractivity contribution in [3.63, 3.8) is 0 Å². The van der Waals surface area contributed by atoms with Crippen LogP contribution in [0.15, 0.2) is 30.5 Å². The fraction of sp³-hybridized carbons (Fsp3) is 0.421. The second-order valence-electron chi connectivity index (χ2n) is 6.55. The minimum atomic E-state index is -0.126. The molecule has 0 aliphatic heterocycles. The number of hydrogen-bond acceptors (Lipinski definition) is 6. The third-order valence-corrected chi connectivity index (χ3v) is 5.10. The van der Waals surface area contributed by atoms with Crippen molar-refractivity contribution in [3.8, 4) is 5.75 Å². The topological polar surface area (TPSA) is 63.5 Å². The van der Waals surface area contributed by atoms with Gasteiger partial charge in [-0.25, -0.2) is 4.98 Å². The van der Waals surface area contributed by atoms with Crippen LogP contribution in [0.2, 0.25) is 0 Å². The number of carbonyl (C=O) groups is 1. The summed E-state index contributed by atoms with van der Waals surface area (Å²) in [7, 11) is 5.86. The summed E-state index contributed by atoms with van der Waals surface area (Å²) < 4.78 is 8.21. The van der Waals surface area contributed by atoms with Crippen LogP contribution in [0.1, 0.15) is 23.8 Å². The normalized spacial score (nSPS) is 10.9. The van der Waals surface area contributed by atoms with Gasteiger partial charge >= 0.3 is 0 Å². The lowest BCUT2D eigenvalue weighted by Crippen LogP contribution is -2.33. The van der Waals surface area contributed by atoms with Gasteiger partial charge in [0, 0.05) is 19.8 Å². The lowest BCUT2D eigenvalue weighted by Gasteiger charge is -2.20. The Kier molecular flexibility index (Phi) is 7.79. The van der Waals surface area contributed by atoms with Gasteiger partial charge in [-0.3, -0.25) is 14.4 Å². The van der Waals surface area contributed by atoms with E-state index in [9.17, 15) is 4.79 Å². The second kappa shape index (κ2) is 9.86. The number of aromatic nitrogens is 3. The number of anilines is 1. The monoisotopic (exact) mass is 423 g/mol. The first-order valence-corrected chi connectivity index (χ1v) is 9.79. The van der Waals surface area contributed by atoms with Crippen molar-refractivity contribution in [1.82, 2.24) is 19.7 Å². The molecule has 0 saturated heterocycles. The number of aryl methyl sites for hydroxylation is 1. The van der Waals surface area contributed by atoms with E-state index in [-0.39, 0.29) is 18.3 Å². The highest BCUT2D eigenvalue weighted by atomic mass is 35.5. The largest absolute Gasteiger partial charge is 0.494 e. The predicted molar refractivity (Wildman–Crippen MR) is 116 cm³/mol. The molecule has 0 bridgehead atoms. The summed E-state index contributed by atoms with van der Waals surface area (Å²) in [6.45, 7) is 4.06. The van der Waals surface area contributed by atoms with Crippen molar-refractivity contribution >= 4 is 45.0 Å². The van der Waals surface area contributed by atoms with Crippen molar-refractivity contribution in [2.45, 2.75) is 13.3 Å². The average Bonchev–Trinajstić information content (AvgIpc) is 3.24. The van der Waals surface area contributed by atoms with Crippen LogP contribution in [-0.2, 0) is 7.05 Å². The molecule has 28 heavy (non-hydrogen) atoms. The van der Waals surface area contributed by atoms with Crippen LogP contribution in [0, 0.1) is 0 Å². The molecule has 9 heteroatoms. The average molecular weight is 424 g/mol. The molecule has 2 aromatic heterocycles. The first-order valence-electron chi connectivity index (χ1n) is 8.97. The van der Waals surface area contributed by atoms with Crippen molar-refractivity contribution < 1.29 is 9.53 Å². The van der Waals surface area contributed by atoms with E-state index in [1.54, 1.807) is 28.9 Å². The van der Waals surface area contributed by atoms with E-state index >= 15 is 0 Å². The number of rotatable bonds is 8. The molecule has 0 radical (unpaired) electrons. The van der Waals surface area contributed by atoms with E-state index in [2.05, 4.69) is 15.0 Å². The van der Waals surface area contributed by atoms with E-state index < -0.39 is 0 Å². The van der Waals surface area contributed by atoms with E-state index in [0.717, 1.165) is 28.9 Å². The molecule has 0 aliphatic rings. The van der Waals surface area contributed by atoms with E-state index in [0.29, 0.717) is 24.0 Å². The van der Waals surface area contributed by atoms with Crippen LogP contribution >= 0.6 is 23.7 Å². The first kappa shape index (κ1) is 22.1. The Balaban J connectivity index is 0.00000280. The zero-order chi connectivity index (χ0) is 19.4. The second-order valence-corrected chi connectivity index (χ2v) is 7.56. The molecule has 152 valence electrons. The number of fused-ring (bicyclic) bond motifs is 1. The molecule has 0 unspecified atom stereocenters. The van der Waals surface area contributed by atoms with E-state index in [1.807, 2.05) is 39.2 Å². The lowest BCUT2D eigenvalue weighted by atomic mass is 10.3. The van der Waals surface area contributed by atoms with Gasteiger partial charge in [0.15, 0.2) is 10.8 Å². The number of benzene rings is 1. The standard InChI is InChI=1S/C19H25N5O2S.ClH/c1-5-26-14-7-8-15-17(13-14)27-19(20-15)24(11-6-10-22(2)3)18(25)16-9-12-23(4)21-16;/h7-9,12-13H,5-6,10-11H2,1-4H3;1H. The molecule has 0 N–H and O–H groups in total. The van der Waals surface area contributed by atoms with Gasteiger partial charge in [0.2, 0.25) is 0 Å². The summed E-state index contributed by atoms with van der Waals surface area (Å²) in [5.41, 5.74) is 1.29. The van der Waals surface area contributed by atoms with Gasteiger partial charge in [0.05, 0.1) is 16.8 Å². The highest BCUT2D eigenvalue weighted by molar-refractivity contribution is 7.22. The molecular formula is C19H26ClN5O2S. The molecule has 3 aromatic rings. The zero-order valence-corrected chi connectivity index (χ0v) is 18.2. The molecule has 0 saturated carbocycles. The summed E-state index contributed by atoms with van der Waals surface area (Å²) in [5.74, 6) is 0.689. The number of carbonyl (C=O) groups excluding carboxylic acids is 1. The molecule has 1 amide bonds. The number of halogens is 1. The van der Waals surface area contributed by atoms with E-state index in [1.165, 1.54) is 11.3 Å². The Morgan fingerprint density at radius 1 is 1.25 bits per heavy atom. The highest BCUT2D eigenvalue weighted by Gasteiger charge is 2.23. The van der Waals surface area contributed by atoms with Gasteiger partial charge in [-0.2, -0.15) is 5.10 Å². The summed E-state index contributed by atoms with van der Waals surface area (Å²) in [6.07, 6.45) is 2.63. The molecule has 1 aromatic carbocycles. The Morgan fingerprint density at radius 3 is 2.68 bits per heavy atom. The molecular weight excluding hydrogens is 398 g/mol. The van der Waals surface area contributed by atoms with Crippen LogP contribution in [-0.4, -0.2) is 59.4 Å². The minimum absolute atomic E-state index is 0. The Hall–Kier alpha value is -2.16. The quantitative estimate of drug-likeness (QED) is 0.555. The van der Waals surface area contributed by atoms with Gasteiger partial charge in [0.25, 0.3) is 5.91 Å². The van der Waals surface area contributed by atoms with E-state index in [4.69, 9.17) is 4.74 Å². The van der Waals surface area contributed by atoms with Crippen molar-refractivity contribution in [2.75, 3.05) is 38.7 Å². The Labute approximate surface area is 175 Å². The van der Waals surface area contributed by atoms with Crippen LogP contribution < -0.4 is 9.64 Å². The van der Waals surface area contributed by atoms with Crippen LogP contribution in [0.25, 0.3) is 10.2 Å². The summed E-state index contributed by atoms with van der Waals surface area (Å²) >= 11 is 1.50. The maximum absolute atomic E-state index is 13.1. The number of amides is 1. The lowest BCUT2D eigenvalue weighted by molar-refractivity contribution is 0.0980. The summed E-state index contributed by atoms with van der Waals surface area (Å²) in [6, 6.07) is 7.56. The highest BCUT2D eigenvalue weighted by Crippen LogP contribution is 2.32. The van der Waals surface area contributed by atoms with Gasteiger partial charge in [-0.1, -0.05) is 11.3 Å². The van der Waals surface area contributed by atoms with Crippen LogP contribution in [0.5, 0.6) is 5.75 Å². The molecule has 7 nitrogen and oxygen atoms in total. The first-order chi connectivity index (χ1) is 13.0. The fourth-order valence-corrected chi connectivity index (χ4v) is 3.78. The van der Waals surface area contributed by atoms with Crippen molar-refractivity contribution in [3.05, 3.63) is 36.2 Å². The number of nitrogens with zero attached hydrogens (tertiary/aromatic N) is 5. The maximum Gasteiger partial charge on any atom is 0.280 e. The summed E-state index contributed by atoms with van der Waals surface area (Å²) in [4.78, 5) is 21.6. The van der Waals surface area contributed by atoms with Gasteiger partial charge in [0.1, 0.15) is 5.75 Å². The van der Waals surface area contributed by atoms with Crippen molar-refractivity contribution in [2.24, 2.45) is 7.05 Å². The van der Waals surface area contributed by atoms with Crippen LogP contribution in [0.4, 0.5) is 5.13 Å². The number of thiazole rings is 1. The number of ether oxygens (including phenoxy) is 1. The van der Waals surface area contributed by atoms with Crippen LogP contribution in [0.3, 0.4) is 0 Å². The third-order valence-electron chi connectivity index (χ3n) is 4.06. The van der Waals surface area contributed by atoms with Gasteiger partial charge < -0.3 is 9.64 Å². The smallest absolute Gasteiger partial charge is 0.280 e. The predicted octanol–water partition coefficient (Wildman–Crippen LogP) is 3.45. The third kappa shape index (κ3) is 5.21. The fourth-order valence-electron chi connectivity index (χ4n) is 2.76. The SMILES string of the molecule is CCOc1ccc2nc(N(CCCN(C)C)C(=O)c3ccn(C)n3)sc2c1.Cl. The number of hydrogen-bond donors (Lipinski definition) is 0.